The number of hydrogen-bond donors (Lipinski definition) is 1. The van der Waals surface area contributed by atoms with Crippen molar-refractivity contribution in [3.8, 4) is 0 Å². The number of hydrazone groups is 1. The maximum absolute atomic E-state index is 13.8. The summed E-state index contributed by atoms with van der Waals surface area (Å²) in [5.41, 5.74) is 5.87. The van der Waals surface area contributed by atoms with Gasteiger partial charge >= 0.3 is 0 Å². The lowest BCUT2D eigenvalue weighted by Crippen LogP contribution is -2.41. The molecule has 0 bridgehead atoms. The number of nitrogens with one attached hydrogen (secondary N) is 1. The van der Waals surface area contributed by atoms with Gasteiger partial charge in [-0.2, -0.15) is 13.5 Å². The van der Waals surface area contributed by atoms with E-state index in [4.69, 9.17) is 4.42 Å². The van der Waals surface area contributed by atoms with Crippen LogP contribution in [0.25, 0.3) is 0 Å². The maximum Gasteiger partial charge on any atom is 0.277 e. The van der Waals surface area contributed by atoms with E-state index in [1.807, 2.05) is 6.26 Å². The number of aryl methyl sites for hydroxylation is 1. The third kappa shape index (κ3) is 5.68. The Morgan fingerprint density at radius 2 is 1.66 bits per heavy atom. The highest BCUT2D eigenvalue weighted by Gasteiger charge is 2.40. The lowest BCUT2D eigenvalue weighted by Gasteiger charge is -2.41. The molecule has 0 saturated heterocycles. The van der Waals surface area contributed by atoms with Crippen LogP contribution in [0.15, 0.2) is 39.1 Å². The molecule has 6 heteroatoms. The summed E-state index contributed by atoms with van der Waals surface area (Å²) in [4.78, 5) is 3.09. The molecule has 2 atom stereocenters. The molecule has 1 aliphatic carbocycles. The van der Waals surface area contributed by atoms with E-state index in [0.717, 1.165) is 53.6 Å². The van der Waals surface area contributed by atoms with Crippen LogP contribution in [0.5, 0.6) is 0 Å². The fourth-order valence-electron chi connectivity index (χ4n) is 5.25. The van der Waals surface area contributed by atoms with Crippen LogP contribution >= 0.6 is 0 Å². The molecule has 1 heterocycles. The fourth-order valence-corrected chi connectivity index (χ4v) is 6.78. The van der Waals surface area contributed by atoms with Gasteiger partial charge in [0, 0.05) is 11.1 Å². The first-order valence-electron chi connectivity index (χ1n) is 13.1. The van der Waals surface area contributed by atoms with Gasteiger partial charge in [-0.15, -0.1) is 0 Å². The van der Waals surface area contributed by atoms with Crippen LogP contribution in [-0.4, -0.2) is 14.1 Å². The zero-order chi connectivity index (χ0) is 26.1. The summed E-state index contributed by atoms with van der Waals surface area (Å²) in [7, 11) is -3.85. The fraction of sp³-hybridized carbons (Fsp3) is 0.621. The van der Waals surface area contributed by atoms with E-state index >= 15 is 0 Å². The van der Waals surface area contributed by atoms with Gasteiger partial charge < -0.3 is 4.42 Å². The number of rotatable bonds is 8. The van der Waals surface area contributed by atoms with Gasteiger partial charge in [-0.3, -0.25) is 0 Å². The van der Waals surface area contributed by atoms with Gasteiger partial charge in [-0.25, -0.2) is 4.83 Å². The highest BCUT2D eigenvalue weighted by atomic mass is 32.2. The van der Waals surface area contributed by atoms with Crippen LogP contribution in [0.3, 0.4) is 0 Å². The summed E-state index contributed by atoms with van der Waals surface area (Å²) < 4.78 is 33.1. The number of nitrogens with zero attached hydrogens (tertiary/aromatic N) is 1. The van der Waals surface area contributed by atoms with Crippen LogP contribution < -0.4 is 4.83 Å². The highest BCUT2D eigenvalue weighted by Crippen LogP contribution is 2.42. The quantitative estimate of drug-likeness (QED) is 0.378. The molecule has 5 nitrogen and oxygen atoms in total. The Labute approximate surface area is 212 Å². The summed E-state index contributed by atoms with van der Waals surface area (Å²) in [5.74, 6) is 0.867. The van der Waals surface area contributed by atoms with E-state index < -0.39 is 10.0 Å². The molecule has 1 aromatic carbocycles. The largest absolute Gasteiger partial charge is 0.472 e. The summed E-state index contributed by atoms with van der Waals surface area (Å²) in [5, 5.41) is 4.65. The molecule has 0 spiro atoms. The monoisotopic (exact) mass is 500 g/mol. The molecule has 1 saturated carbocycles. The summed E-state index contributed by atoms with van der Waals surface area (Å²) in [6.45, 7) is 19.0. The minimum Gasteiger partial charge on any atom is -0.472 e. The van der Waals surface area contributed by atoms with Crippen molar-refractivity contribution >= 4 is 15.7 Å². The second kappa shape index (κ2) is 10.5. The highest BCUT2D eigenvalue weighted by molar-refractivity contribution is 7.89. The molecule has 0 radical (unpaired) electrons. The summed E-state index contributed by atoms with van der Waals surface area (Å²) in [6.07, 6.45) is 7.27. The Balaban J connectivity index is 2.06. The predicted octanol–water partition coefficient (Wildman–Crippen LogP) is 7.66. The van der Waals surface area contributed by atoms with Gasteiger partial charge in [0.25, 0.3) is 10.0 Å². The van der Waals surface area contributed by atoms with Crippen molar-refractivity contribution in [1.29, 1.82) is 0 Å². The van der Waals surface area contributed by atoms with Gasteiger partial charge in [0.1, 0.15) is 0 Å². The molecule has 1 aromatic heterocycles. The van der Waals surface area contributed by atoms with Crippen molar-refractivity contribution < 1.29 is 12.8 Å². The minimum atomic E-state index is -3.85. The Morgan fingerprint density at radius 3 is 2.14 bits per heavy atom. The van der Waals surface area contributed by atoms with Crippen LogP contribution in [0.2, 0.25) is 0 Å². The Bertz CT molecular complexity index is 1150. The van der Waals surface area contributed by atoms with Crippen molar-refractivity contribution in [2.75, 3.05) is 0 Å². The van der Waals surface area contributed by atoms with E-state index in [1.54, 1.807) is 6.26 Å². The molecule has 3 rings (SSSR count). The lowest BCUT2D eigenvalue weighted by atomic mass is 9.64. The van der Waals surface area contributed by atoms with Crippen molar-refractivity contribution in [3.63, 3.8) is 0 Å². The standard InChI is InChI=1S/C29H44N2O3S/c1-18(2)23-13-25(19(3)4)28(26(14-23)20(5)6)35(32,33)31-30-27-12-10-11-22(8)29(27,9)15-24-17-34-16-21(24)7/h13-14,16-20,22,31H,10-12,15H2,1-9H3/b30-27+/t22-,29+/m0/s1. The summed E-state index contributed by atoms with van der Waals surface area (Å²) in [6, 6.07) is 4.13. The number of furan rings is 1. The van der Waals surface area contributed by atoms with E-state index in [2.05, 4.69) is 84.4 Å². The molecule has 0 aliphatic heterocycles. The first kappa shape index (κ1) is 27.5. The van der Waals surface area contributed by atoms with Crippen LogP contribution in [-0.2, 0) is 16.4 Å². The summed E-state index contributed by atoms with van der Waals surface area (Å²) >= 11 is 0. The van der Waals surface area contributed by atoms with Crippen LogP contribution in [0.1, 0.15) is 120 Å². The normalized spacial score (nSPS) is 22.5. The average Bonchev–Trinajstić information content (AvgIpc) is 3.17. The topological polar surface area (TPSA) is 71.7 Å². The number of hydrogen-bond acceptors (Lipinski definition) is 4. The van der Waals surface area contributed by atoms with E-state index in [1.165, 1.54) is 5.56 Å². The maximum atomic E-state index is 13.8. The number of benzene rings is 1. The molecule has 0 amide bonds. The molecule has 1 aliphatic rings. The van der Waals surface area contributed by atoms with Gasteiger partial charge in [0.2, 0.25) is 0 Å². The number of sulfonamides is 1. The molecule has 2 aromatic rings. The van der Waals surface area contributed by atoms with Crippen molar-refractivity contribution in [3.05, 3.63) is 52.5 Å². The molecule has 1 fully saturated rings. The zero-order valence-electron chi connectivity index (χ0n) is 23.0. The van der Waals surface area contributed by atoms with Gasteiger partial charge in [-0.1, -0.05) is 67.5 Å². The van der Waals surface area contributed by atoms with Crippen molar-refractivity contribution in [2.45, 2.75) is 111 Å². The third-order valence-corrected chi connectivity index (χ3v) is 9.31. The molecular weight excluding hydrogens is 456 g/mol. The lowest BCUT2D eigenvalue weighted by molar-refractivity contribution is 0.253. The van der Waals surface area contributed by atoms with Crippen LogP contribution in [0, 0.1) is 18.3 Å². The van der Waals surface area contributed by atoms with Gasteiger partial charge in [-0.05, 0) is 84.1 Å². The SMILES string of the molecule is Cc1cocc1C[C@@]1(C)/C(=N/NS(=O)(=O)c2c(C(C)C)cc(C(C)C)cc2C(C)C)CCC[C@@H]1C. The van der Waals surface area contributed by atoms with Gasteiger partial charge in [0.05, 0.1) is 17.4 Å². The van der Waals surface area contributed by atoms with E-state index in [-0.39, 0.29) is 17.3 Å². The predicted molar refractivity (Wildman–Crippen MR) is 145 cm³/mol. The zero-order valence-corrected chi connectivity index (χ0v) is 23.8. The van der Waals surface area contributed by atoms with Crippen LogP contribution in [0.4, 0.5) is 0 Å². The molecule has 35 heavy (non-hydrogen) atoms. The van der Waals surface area contributed by atoms with Crippen molar-refractivity contribution in [2.24, 2.45) is 16.4 Å². The first-order chi connectivity index (χ1) is 16.3. The molecular formula is C29H44N2O3S. The van der Waals surface area contributed by atoms with E-state index in [9.17, 15) is 8.42 Å². The second-order valence-electron chi connectivity index (χ2n) is 11.6. The third-order valence-electron chi connectivity index (χ3n) is 7.97. The smallest absolute Gasteiger partial charge is 0.277 e. The van der Waals surface area contributed by atoms with Gasteiger partial charge in [0.15, 0.2) is 0 Å². The molecule has 0 unspecified atom stereocenters. The average molecular weight is 501 g/mol. The van der Waals surface area contributed by atoms with Crippen molar-refractivity contribution in [1.82, 2.24) is 4.83 Å². The molecule has 1 N–H and O–H groups in total. The Kier molecular flexibility index (Phi) is 8.25. The molecule has 194 valence electrons. The minimum absolute atomic E-state index is 0.0782. The van der Waals surface area contributed by atoms with E-state index in [0.29, 0.717) is 16.7 Å². The first-order valence-corrected chi connectivity index (χ1v) is 14.5. The second-order valence-corrected chi connectivity index (χ2v) is 13.2. The Morgan fingerprint density at radius 1 is 1.06 bits per heavy atom. The Hall–Kier alpha value is -2.08.